The highest BCUT2D eigenvalue weighted by Gasteiger charge is 2.36. The fourth-order valence-corrected chi connectivity index (χ4v) is 8.07. The summed E-state index contributed by atoms with van der Waals surface area (Å²) in [6.45, 7) is 41.1. The van der Waals surface area contributed by atoms with Gasteiger partial charge in [0.2, 0.25) is 11.9 Å². The van der Waals surface area contributed by atoms with E-state index in [1.54, 1.807) is 4.68 Å². The van der Waals surface area contributed by atoms with Gasteiger partial charge in [-0.25, -0.2) is 5.84 Å². The Kier molecular flexibility index (Phi) is 19.4. The van der Waals surface area contributed by atoms with Crippen LogP contribution in [0.2, 0.25) is 0 Å². The molecule has 0 fully saturated rings. The average molecular weight is 742 g/mol. The molecule has 0 radical (unpaired) electrons. The predicted molar refractivity (Wildman–Crippen MR) is 245 cm³/mol. The first-order valence-electron chi connectivity index (χ1n) is 20.8. The van der Waals surface area contributed by atoms with Crippen molar-refractivity contribution in [2.24, 2.45) is 28.5 Å². The van der Waals surface area contributed by atoms with Gasteiger partial charge in [0.25, 0.3) is 6.57 Å². The Morgan fingerprint density at radius 3 is 2.44 bits per heavy atom. The molecule has 0 bridgehead atoms. The molecule has 1 heterocycles. The van der Waals surface area contributed by atoms with Crippen LogP contribution in [0.1, 0.15) is 133 Å². The van der Waals surface area contributed by atoms with Crippen LogP contribution in [0.4, 0.5) is 0 Å². The zero-order valence-electron chi connectivity index (χ0n) is 36.5. The van der Waals surface area contributed by atoms with Gasteiger partial charge in [-0.05, 0) is 115 Å². The molecule has 55 heavy (non-hydrogen) atoms. The maximum Gasteiger partial charge on any atom is 0.346 e. The first kappa shape index (κ1) is 46.7. The predicted octanol–water partition coefficient (Wildman–Crippen LogP) is 15.0. The number of hydrogen-bond donors (Lipinski definition) is 1. The van der Waals surface area contributed by atoms with Crippen molar-refractivity contribution in [1.29, 1.82) is 0 Å². The van der Waals surface area contributed by atoms with Crippen molar-refractivity contribution in [3.05, 3.63) is 160 Å². The number of nitrogens with two attached hydrogens (primary N) is 1. The minimum absolute atomic E-state index is 0.192. The van der Waals surface area contributed by atoms with Crippen LogP contribution in [-0.4, -0.2) is 10.4 Å². The quantitative estimate of drug-likeness (QED) is 0.0608. The number of unbranched alkanes of at least 4 members (excludes halogenated alkanes) is 4. The second-order valence-electron chi connectivity index (χ2n) is 16.6. The molecule has 0 saturated heterocycles. The van der Waals surface area contributed by atoms with E-state index in [4.69, 9.17) is 12.4 Å². The van der Waals surface area contributed by atoms with Crippen molar-refractivity contribution >= 4 is 5.71 Å². The molecule has 0 spiro atoms. The molecular weight excluding hydrogens is 667 g/mol. The van der Waals surface area contributed by atoms with E-state index < -0.39 is 5.41 Å². The lowest BCUT2D eigenvalue weighted by molar-refractivity contribution is -0.471. The van der Waals surface area contributed by atoms with E-state index in [0.717, 1.165) is 43.4 Å². The van der Waals surface area contributed by atoms with Crippen molar-refractivity contribution in [3.8, 4) is 6.57 Å². The third kappa shape index (κ3) is 13.4. The van der Waals surface area contributed by atoms with Crippen LogP contribution >= 0.6 is 0 Å². The van der Waals surface area contributed by atoms with Crippen molar-refractivity contribution < 1.29 is 4.68 Å². The summed E-state index contributed by atoms with van der Waals surface area (Å²) in [6, 6.07) is 0. The summed E-state index contributed by atoms with van der Waals surface area (Å²) in [5.41, 5.74) is 11.2. The van der Waals surface area contributed by atoms with Crippen molar-refractivity contribution in [3.63, 3.8) is 0 Å². The molecule has 0 amide bonds. The van der Waals surface area contributed by atoms with Crippen molar-refractivity contribution in [2.45, 2.75) is 133 Å². The van der Waals surface area contributed by atoms with Gasteiger partial charge in [-0.15, -0.1) is 0 Å². The van der Waals surface area contributed by atoms with E-state index in [1.165, 1.54) is 71.1 Å². The zero-order chi connectivity index (χ0) is 41.2. The largest absolute Gasteiger partial charge is 0.346 e. The van der Waals surface area contributed by atoms with E-state index in [-0.39, 0.29) is 5.41 Å². The molecule has 2 N–H and O–H groups in total. The summed E-state index contributed by atoms with van der Waals surface area (Å²) in [5, 5.41) is 0. The number of allylic oxidation sites excluding steroid dienone is 21. The SMILES string of the molecule is C#[N+]C1=C/C(=C)C(C)(C)C(/C=C/C2=C(CC(/C=C\CCC)=C/C=C)C(=C/C=C(\C(C)CCCCCC)C(C)(C)/C(C=C)=C(C)/C=C\C)/CC(C)C2)=[N+](N)/C=C\1. The van der Waals surface area contributed by atoms with Crippen molar-refractivity contribution in [1.82, 2.24) is 0 Å². The van der Waals surface area contributed by atoms with Crippen LogP contribution in [0.25, 0.3) is 4.85 Å². The number of hydrogen-bond acceptors (Lipinski definition) is 1. The van der Waals surface area contributed by atoms with E-state index in [2.05, 4.69) is 155 Å². The average Bonchev–Trinajstić information content (AvgIpc) is 3.12. The number of hydrazine groups is 1. The van der Waals surface area contributed by atoms with E-state index in [0.29, 0.717) is 17.5 Å². The van der Waals surface area contributed by atoms with Crippen LogP contribution in [-0.2, 0) is 0 Å². The van der Waals surface area contributed by atoms with Gasteiger partial charge in [0.1, 0.15) is 0 Å². The summed E-state index contributed by atoms with van der Waals surface area (Å²) >= 11 is 0. The highest BCUT2D eigenvalue weighted by Crippen LogP contribution is 2.44. The Morgan fingerprint density at radius 1 is 1.09 bits per heavy atom. The van der Waals surface area contributed by atoms with E-state index in [1.807, 2.05) is 24.4 Å². The molecule has 0 aromatic heterocycles. The lowest BCUT2D eigenvalue weighted by Gasteiger charge is -2.35. The topological polar surface area (TPSA) is 33.4 Å². The molecule has 0 saturated carbocycles. The van der Waals surface area contributed by atoms with Crippen molar-refractivity contribution in [2.75, 3.05) is 0 Å². The summed E-state index contributed by atoms with van der Waals surface area (Å²) in [7, 11) is 0. The molecule has 0 aromatic rings. The second-order valence-corrected chi connectivity index (χ2v) is 16.6. The Balaban J connectivity index is 2.97. The molecule has 3 heteroatoms. The fraction of sp³-hybridized carbons (Fsp3) is 0.462. The van der Waals surface area contributed by atoms with Gasteiger partial charge >= 0.3 is 5.70 Å². The molecular formula is C52H75N3+2. The van der Waals surface area contributed by atoms with Crippen LogP contribution in [0, 0.1) is 29.2 Å². The van der Waals surface area contributed by atoms with E-state index >= 15 is 0 Å². The van der Waals surface area contributed by atoms with Crippen LogP contribution < -0.4 is 5.84 Å². The number of hydrazone groups is 1. The summed E-state index contributed by atoms with van der Waals surface area (Å²) in [4.78, 5) is 3.91. The molecule has 2 atom stereocenters. The smallest absolute Gasteiger partial charge is 0.205 e. The first-order valence-corrected chi connectivity index (χ1v) is 20.8. The molecule has 0 aromatic carbocycles. The molecule has 2 unspecified atom stereocenters. The van der Waals surface area contributed by atoms with Gasteiger partial charge < -0.3 is 0 Å². The molecule has 296 valence electrons. The Bertz CT molecular complexity index is 1770. The highest BCUT2D eigenvalue weighted by atomic mass is 15.3. The standard InChI is InChI=1S/C52H75N3/c1-15-20-22-24-27-41(8)49(52(12,13)48(19-5)40(7)25-17-3)31-29-44-35-39(6)36-45(47(44)38-43(26-18-4)28-23-21-16-2)30-32-50-51(10,11)42(9)37-46(54-14)33-34-55(50)53/h14,17-19,23,25-26,28-34,37,39,41H,4-5,9,15-16,20-22,24,27,35-36,38,53H2,1-3,6-8,10-13H3/q+2/b25-17-,28-23-,32-30+,34-33-,43-26+,44-29+,46-37+,48-40+,49-31+,55-50-. The van der Waals surface area contributed by atoms with Gasteiger partial charge in [-0.3, -0.25) is 0 Å². The summed E-state index contributed by atoms with van der Waals surface area (Å²) in [6.07, 6.45) is 41.3. The minimum Gasteiger partial charge on any atom is -0.205 e. The molecule has 1 aliphatic carbocycles. The van der Waals surface area contributed by atoms with E-state index in [9.17, 15) is 0 Å². The Hall–Kier alpha value is -4.42. The number of rotatable bonds is 19. The van der Waals surface area contributed by atoms with Gasteiger partial charge in [0.05, 0.1) is 11.5 Å². The summed E-state index contributed by atoms with van der Waals surface area (Å²) < 4.78 is 1.68. The second kappa shape index (κ2) is 22.8. The van der Waals surface area contributed by atoms with Crippen LogP contribution in [0.5, 0.6) is 0 Å². The summed E-state index contributed by atoms with van der Waals surface area (Å²) in [5.74, 6) is 7.60. The number of nitrogens with zero attached hydrogens (tertiary/aromatic N) is 2. The van der Waals surface area contributed by atoms with Gasteiger partial charge in [-0.1, -0.05) is 164 Å². The maximum atomic E-state index is 6.70. The van der Waals surface area contributed by atoms with Gasteiger partial charge in [-0.2, -0.15) is 0 Å². The van der Waals surface area contributed by atoms with Crippen LogP contribution in [0.3, 0.4) is 0 Å². The highest BCUT2D eigenvalue weighted by molar-refractivity contribution is 5.98. The first-order chi connectivity index (χ1) is 26.1. The lowest BCUT2D eigenvalue weighted by Crippen LogP contribution is -2.35. The Morgan fingerprint density at radius 2 is 1.82 bits per heavy atom. The minimum atomic E-state index is -0.458. The van der Waals surface area contributed by atoms with Crippen LogP contribution in [0.15, 0.2) is 155 Å². The molecule has 3 nitrogen and oxygen atoms in total. The molecule has 1 aliphatic heterocycles. The fourth-order valence-electron chi connectivity index (χ4n) is 8.07. The lowest BCUT2D eigenvalue weighted by atomic mass is 9.69. The molecule has 2 aliphatic rings. The van der Waals surface area contributed by atoms with Gasteiger partial charge in [0, 0.05) is 17.6 Å². The normalized spacial score (nSPS) is 23.4. The van der Waals surface area contributed by atoms with Gasteiger partial charge in [0.15, 0.2) is 0 Å². The third-order valence-electron chi connectivity index (χ3n) is 11.4. The third-order valence-corrected chi connectivity index (χ3v) is 11.4. The monoisotopic (exact) mass is 742 g/mol. The zero-order valence-corrected chi connectivity index (χ0v) is 36.5. The maximum absolute atomic E-state index is 6.70. The Labute approximate surface area is 337 Å². The molecule has 2 rings (SSSR count).